The lowest BCUT2D eigenvalue weighted by Crippen LogP contribution is -2.21. The summed E-state index contributed by atoms with van der Waals surface area (Å²) in [5.41, 5.74) is 0.761. The van der Waals surface area contributed by atoms with Crippen LogP contribution in [0.3, 0.4) is 0 Å². The maximum Gasteiger partial charge on any atom is 0.290 e. The van der Waals surface area contributed by atoms with Crippen molar-refractivity contribution in [2.24, 2.45) is 0 Å². The maximum absolute atomic E-state index is 11.8. The summed E-state index contributed by atoms with van der Waals surface area (Å²) in [5, 5.41) is 23.0. The van der Waals surface area contributed by atoms with Gasteiger partial charge in [-0.25, -0.2) is 9.67 Å². The van der Waals surface area contributed by atoms with Crippen LogP contribution in [0.15, 0.2) is 10.9 Å². The first kappa shape index (κ1) is 20.8. The first-order valence-corrected chi connectivity index (χ1v) is 8.41. The molecule has 0 aliphatic carbocycles. The third-order valence-electron chi connectivity index (χ3n) is 4.12. The summed E-state index contributed by atoms with van der Waals surface area (Å²) in [6.45, 7) is 2.62. The third-order valence-corrected chi connectivity index (χ3v) is 4.12. The molecule has 1 saturated heterocycles. The molecule has 11 nitrogen and oxygen atoms in total. The summed E-state index contributed by atoms with van der Waals surface area (Å²) < 4.78 is 7.16. The normalized spacial score (nSPS) is 15.2. The summed E-state index contributed by atoms with van der Waals surface area (Å²) in [4.78, 5) is 39.0. The van der Waals surface area contributed by atoms with E-state index < -0.39 is 5.56 Å². The molecule has 1 aliphatic rings. The molecule has 0 aromatic carbocycles. The Morgan fingerprint density at radius 2 is 2.32 bits per heavy atom. The molecule has 148 valence electrons. The molecule has 0 bridgehead atoms. The van der Waals surface area contributed by atoms with Gasteiger partial charge in [0.05, 0.1) is 19.1 Å². The number of ether oxygens (including phenoxy) is 1. The lowest BCUT2D eigenvalue weighted by atomic mass is 10.1. The number of nitrogens with one attached hydrogen (secondary N) is 2. The van der Waals surface area contributed by atoms with Gasteiger partial charge in [-0.05, 0) is 19.4 Å². The number of H-pyrrole nitrogens is 1. The number of aromatic nitrogens is 4. The Morgan fingerprint density at radius 1 is 1.61 bits per heavy atom. The van der Waals surface area contributed by atoms with E-state index in [2.05, 4.69) is 20.4 Å². The molecular formula is C17H20N6O5. The second kappa shape index (κ2) is 9.43. The van der Waals surface area contributed by atoms with E-state index in [1.165, 1.54) is 6.07 Å². The molecule has 0 saturated carbocycles. The zero-order chi connectivity index (χ0) is 20.7. The average molecular weight is 388 g/mol. The van der Waals surface area contributed by atoms with E-state index in [-0.39, 0.29) is 30.4 Å². The van der Waals surface area contributed by atoms with Crippen molar-refractivity contribution in [2.45, 2.75) is 25.8 Å². The van der Waals surface area contributed by atoms with Crippen molar-refractivity contribution in [1.29, 1.82) is 5.26 Å². The van der Waals surface area contributed by atoms with Crippen molar-refractivity contribution in [3.8, 4) is 17.5 Å². The number of carbonyl (C=O) groups excluding carboxylic acids is 1. The lowest BCUT2D eigenvalue weighted by molar-refractivity contribution is -0.123. The van der Waals surface area contributed by atoms with Crippen LogP contribution in [0, 0.1) is 18.3 Å². The van der Waals surface area contributed by atoms with Crippen molar-refractivity contribution in [2.75, 3.05) is 20.3 Å². The Bertz CT molecular complexity index is 952. The average Bonchev–Trinajstić information content (AvgIpc) is 3.32. The molecule has 0 spiro atoms. The summed E-state index contributed by atoms with van der Waals surface area (Å²) in [5.74, 6) is 0.701. The fourth-order valence-corrected chi connectivity index (χ4v) is 2.77. The van der Waals surface area contributed by atoms with Gasteiger partial charge in [0.2, 0.25) is 5.91 Å². The van der Waals surface area contributed by atoms with Gasteiger partial charge in [0.25, 0.3) is 12.0 Å². The highest BCUT2D eigenvalue weighted by Crippen LogP contribution is 2.27. The molecule has 2 aromatic heterocycles. The molecule has 1 amide bonds. The van der Waals surface area contributed by atoms with Crippen molar-refractivity contribution in [3.63, 3.8) is 0 Å². The number of nitriles is 1. The Balaban J connectivity index is 0.000000878. The molecule has 0 radical (unpaired) electrons. The minimum absolute atomic E-state index is 0.00204. The number of carboxylic acid groups (broad SMARTS) is 1. The number of rotatable bonds is 4. The van der Waals surface area contributed by atoms with Crippen LogP contribution in [0.25, 0.3) is 11.4 Å². The van der Waals surface area contributed by atoms with Gasteiger partial charge in [-0.2, -0.15) is 10.4 Å². The summed E-state index contributed by atoms with van der Waals surface area (Å²) >= 11 is 0. The molecule has 28 heavy (non-hydrogen) atoms. The number of nitrogens with zero attached hydrogens (tertiary/aromatic N) is 4. The van der Waals surface area contributed by atoms with Crippen LogP contribution in [0.2, 0.25) is 0 Å². The Morgan fingerprint density at radius 3 is 2.89 bits per heavy atom. The molecule has 1 unspecified atom stereocenters. The number of amides is 1. The highest BCUT2D eigenvalue weighted by atomic mass is 16.5. The zero-order valence-corrected chi connectivity index (χ0v) is 15.4. The fourth-order valence-electron chi connectivity index (χ4n) is 2.77. The number of aryl methyl sites for hydroxylation is 1. The van der Waals surface area contributed by atoms with Crippen molar-refractivity contribution in [3.05, 3.63) is 33.5 Å². The maximum atomic E-state index is 11.8. The van der Waals surface area contributed by atoms with Crippen LogP contribution in [-0.2, 0) is 20.7 Å². The van der Waals surface area contributed by atoms with E-state index in [0.717, 1.165) is 6.42 Å². The number of likely N-dealkylation sites (N-methyl/N-ethyl adjacent to an activating group) is 1. The molecule has 3 heterocycles. The van der Waals surface area contributed by atoms with E-state index in [9.17, 15) is 9.59 Å². The molecule has 11 heteroatoms. The van der Waals surface area contributed by atoms with Crippen LogP contribution in [0.1, 0.15) is 29.5 Å². The van der Waals surface area contributed by atoms with Gasteiger partial charge in [-0.15, -0.1) is 0 Å². The number of carbonyl (C=O) groups is 2. The first-order valence-electron chi connectivity index (χ1n) is 8.41. The molecule has 3 N–H and O–H groups in total. The van der Waals surface area contributed by atoms with E-state index in [4.69, 9.17) is 19.9 Å². The number of hydrogen-bond acceptors (Lipinski definition) is 7. The second-order valence-corrected chi connectivity index (χ2v) is 5.93. The number of pyridine rings is 1. The van der Waals surface area contributed by atoms with Gasteiger partial charge >= 0.3 is 0 Å². The summed E-state index contributed by atoms with van der Waals surface area (Å²) in [6.07, 6.45) is 0.834. The Labute approximate surface area is 160 Å². The fraction of sp³-hybridized carbons (Fsp3) is 0.412. The minimum atomic E-state index is -0.440. The largest absolute Gasteiger partial charge is 0.483 e. The van der Waals surface area contributed by atoms with Gasteiger partial charge in [0.15, 0.2) is 11.6 Å². The summed E-state index contributed by atoms with van der Waals surface area (Å²) in [6, 6.07) is 3.39. The molecule has 1 atom stereocenters. The van der Waals surface area contributed by atoms with Gasteiger partial charge in [0, 0.05) is 24.9 Å². The molecular weight excluding hydrogens is 368 g/mol. The van der Waals surface area contributed by atoms with E-state index >= 15 is 0 Å². The monoisotopic (exact) mass is 388 g/mol. The van der Waals surface area contributed by atoms with Crippen LogP contribution < -0.4 is 10.9 Å². The highest BCUT2D eigenvalue weighted by molar-refractivity contribution is 5.77. The molecule has 1 aliphatic heterocycles. The van der Waals surface area contributed by atoms with Crippen LogP contribution >= 0.6 is 0 Å². The van der Waals surface area contributed by atoms with Crippen molar-refractivity contribution >= 4 is 12.4 Å². The van der Waals surface area contributed by atoms with E-state index in [1.54, 1.807) is 18.7 Å². The second-order valence-electron chi connectivity index (χ2n) is 5.93. The SMILES string of the molecule is CNC(=O)Cc1nc(-c2cc(C#N)c(=O)[nH]c2C)n(C2CCOC2)n1.O=CO. The van der Waals surface area contributed by atoms with E-state index in [0.29, 0.717) is 36.1 Å². The van der Waals surface area contributed by atoms with E-state index in [1.807, 2.05) is 6.07 Å². The number of hydrogen-bond donors (Lipinski definition) is 3. The third kappa shape index (κ3) is 4.60. The van der Waals surface area contributed by atoms with Crippen molar-refractivity contribution < 1.29 is 19.4 Å². The smallest absolute Gasteiger partial charge is 0.290 e. The molecule has 3 rings (SSSR count). The Kier molecular flexibility index (Phi) is 7.00. The zero-order valence-electron chi connectivity index (χ0n) is 15.4. The first-order chi connectivity index (χ1) is 13.4. The highest BCUT2D eigenvalue weighted by Gasteiger charge is 2.25. The Hall–Kier alpha value is -3.52. The topological polar surface area (TPSA) is 163 Å². The minimum Gasteiger partial charge on any atom is -0.483 e. The predicted molar refractivity (Wildman–Crippen MR) is 96.5 cm³/mol. The van der Waals surface area contributed by atoms with Gasteiger partial charge in [-0.1, -0.05) is 0 Å². The van der Waals surface area contributed by atoms with Crippen LogP contribution in [-0.4, -0.2) is 57.5 Å². The molecule has 2 aromatic rings. The van der Waals surface area contributed by atoms with Gasteiger partial charge in [0.1, 0.15) is 11.6 Å². The lowest BCUT2D eigenvalue weighted by Gasteiger charge is -2.12. The summed E-state index contributed by atoms with van der Waals surface area (Å²) in [7, 11) is 1.55. The van der Waals surface area contributed by atoms with Gasteiger partial charge in [-0.3, -0.25) is 14.4 Å². The number of aromatic amines is 1. The van der Waals surface area contributed by atoms with Crippen LogP contribution in [0.5, 0.6) is 0 Å². The van der Waals surface area contributed by atoms with Crippen molar-refractivity contribution in [1.82, 2.24) is 25.1 Å². The molecule has 1 fully saturated rings. The standard InChI is InChI=1S/C16H18N6O3.CH2O2/c1-9-12(5-10(7-17)16(24)19-9)15-20-13(6-14(23)18-2)21-22(15)11-3-4-25-8-11;2-1-3/h5,11H,3-4,6,8H2,1-2H3,(H,18,23)(H,19,24);1H,(H,2,3). The predicted octanol–water partition coefficient (Wildman–Crippen LogP) is -0.236. The quantitative estimate of drug-likeness (QED) is 0.604. The van der Waals surface area contributed by atoms with Gasteiger partial charge < -0.3 is 20.1 Å². The van der Waals surface area contributed by atoms with Crippen LogP contribution in [0.4, 0.5) is 0 Å².